The molecule has 0 bridgehead atoms. The molecule has 1 aromatic heterocycles. The van der Waals surface area contributed by atoms with Crippen molar-refractivity contribution in [1.82, 2.24) is 15.2 Å². The van der Waals surface area contributed by atoms with E-state index in [0.717, 1.165) is 24.5 Å². The van der Waals surface area contributed by atoms with Crippen LogP contribution in [0.4, 0.5) is 0 Å². The molecule has 1 rings (SSSR count). The molecule has 1 aromatic rings. The Kier molecular flexibility index (Phi) is 3.53. The summed E-state index contributed by atoms with van der Waals surface area (Å²) in [5.74, 6) is 2.74. The van der Waals surface area contributed by atoms with Gasteiger partial charge in [-0.2, -0.15) is 5.10 Å². The van der Waals surface area contributed by atoms with Gasteiger partial charge in [0.25, 0.3) is 0 Å². The van der Waals surface area contributed by atoms with Crippen LogP contribution in [0.5, 0.6) is 0 Å². The van der Waals surface area contributed by atoms with E-state index < -0.39 is 0 Å². The maximum absolute atomic E-state index is 5.57. The van der Waals surface area contributed by atoms with Gasteiger partial charge in [-0.1, -0.05) is 13.8 Å². The van der Waals surface area contributed by atoms with Crippen molar-refractivity contribution in [3.05, 3.63) is 11.6 Å². The number of H-pyrrole nitrogens is 1. The van der Waals surface area contributed by atoms with Gasteiger partial charge < -0.3 is 0 Å². The minimum atomic E-state index is 0.411. The highest BCUT2D eigenvalue weighted by Crippen LogP contribution is 2.05. The lowest BCUT2D eigenvalue weighted by molar-refractivity contribution is 0.575. The Bertz CT molecular complexity index is 232. The molecule has 0 saturated carbocycles. The lowest BCUT2D eigenvalue weighted by Crippen LogP contribution is -1.94. The molecule has 0 aromatic carbocycles. The van der Waals surface area contributed by atoms with Crippen LogP contribution in [0.2, 0.25) is 0 Å². The SMILES string of the molecule is CC(C)CCc1n[nH]c(CCl)n1. The van der Waals surface area contributed by atoms with E-state index in [1.807, 2.05) is 0 Å². The second-order valence-corrected chi connectivity index (χ2v) is 3.53. The predicted molar refractivity (Wildman–Crippen MR) is 49.1 cm³/mol. The first kappa shape index (κ1) is 9.52. The Morgan fingerprint density at radius 3 is 2.75 bits per heavy atom. The number of aromatic nitrogens is 3. The standard InChI is InChI=1S/C8H14ClN3/c1-6(2)3-4-7-10-8(5-9)12-11-7/h6H,3-5H2,1-2H3,(H,10,11,12). The highest BCUT2D eigenvalue weighted by molar-refractivity contribution is 6.16. The summed E-state index contributed by atoms with van der Waals surface area (Å²) in [5, 5.41) is 6.82. The molecule has 0 saturated heterocycles. The van der Waals surface area contributed by atoms with Gasteiger partial charge in [0.1, 0.15) is 5.82 Å². The van der Waals surface area contributed by atoms with Gasteiger partial charge in [0.2, 0.25) is 0 Å². The van der Waals surface area contributed by atoms with Crippen LogP contribution in [-0.2, 0) is 12.3 Å². The fourth-order valence-corrected chi connectivity index (χ4v) is 1.04. The molecule has 1 heterocycles. The van der Waals surface area contributed by atoms with Crippen molar-refractivity contribution in [2.75, 3.05) is 0 Å². The first-order valence-corrected chi connectivity index (χ1v) is 4.72. The Labute approximate surface area is 77.5 Å². The van der Waals surface area contributed by atoms with Gasteiger partial charge >= 0.3 is 0 Å². The molecule has 0 radical (unpaired) electrons. The van der Waals surface area contributed by atoms with Crippen molar-refractivity contribution in [3.63, 3.8) is 0 Å². The molecule has 0 unspecified atom stereocenters. The first-order valence-electron chi connectivity index (χ1n) is 4.18. The number of rotatable bonds is 4. The Balaban J connectivity index is 2.41. The minimum absolute atomic E-state index is 0.411. The van der Waals surface area contributed by atoms with Crippen LogP contribution in [-0.4, -0.2) is 15.2 Å². The van der Waals surface area contributed by atoms with Crippen LogP contribution in [0, 0.1) is 5.92 Å². The van der Waals surface area contributed by atoms with Crippen LogP contribution in [0.15, 0.2) is 0 Å². The molecule has 4 heteroatoms. The number of aryl methyl sites for hydroxylation is 1. The molecule has 12 heavy (non-hydrogen) atoms. The number of hydrogen-bond donors (Lipinski definition) is 1. The average Bonchev–Trinajstić information content (AvgIpc) is 2.48. The fraction of sp³-hybridized carbons (Fsp3) is 0.750. The summed E-state index contributed by atoms with van der Waals surface area (Å²) in [4.78, 5) is 4.20. The highest BCUT2D eigenvalue weighted by atomic mass is 35.5. The van der Waals surface area contributed by atoms with Gasteiger partial charge in [0.05, 0.1) is 5.88 Å². The van der Waals surface area contributed by atoms with Gasteiger partial charge in [0, 0.05) is 6.42 Å². The molecule has 0 spiro atoms. The van der Waals surface area contributed by atoms with Gasteiger partial charge in [-0.25, -0.2) is 4.98 Å². The van der Waals surface area contributed by atoms with Crippen molar-refractivity contribution in [1.29, 1.82) is 0 Å². The summed E-state index contributed by atoms with van der Waals surface area (Å²) in [6.45, 7) is 4.38. The second kappa shape index (κ2) is 4.45. The van der Waals surface area contributed by atoms with Crippen LogP contribution < -0.4 is 0 Å². The number of nitrogens with zero attached hydrogens (tertiary/aromatic N) is 2. The van der Waals surface area contributed by atoms with E-state index in [9.17, 15) is 0 Å². The molecule has 0 amide bonds. The molecular weight excluding hydrogens is 174 g/mol. The lowest BCUT2D eigenvalue weighted by atomic mass is 10.1. The zero-order chi connectivity index (χ0) is 8.97. The molecule has 0 atom stereocenters. The van der Waals surface area contributed by atoms with Crippen molar-refractivity contribution >= 4 is 11.6 Å². The summed E-state index contributed by atoms with van der Waals surface area (Å²) in [6.07, 6.45) is 2.06. The van der Waals surface area contributed by atoms with E-state index in [4.69, 9.17) is 11.6 Å². The van der Waals surface area contributed by atoms with E-state index in [1.54, 1.807) is 0 Å². The third-order valence-corrected chi connectivity index (χ3v) is 1.90. The Morgan fingerprint density at radius 1 is 1.50 bits per heavy atom. The molecule has 68 valence electrons. The molecule has 0 aliphatic carbocycles. The molecule has 0 aliphatic rings. The second-order valence-electron chi connectivity index (χ2n) is 3.26. The van der Waals surface area contributed by atoms with Crippen LogP contribution in [0.3, 0.4) is 0 Å². The average molecular weight is 188 g/mol. The predicted octanol–water partition coefficient (Wildman–Crippen LogP) is 2.13. The summed E-state index contributed by atoms with van der Waals surface area (Å²) in [5.41, 5.74) is 0. The third-order valence-electron chi connectivity index (χ3n) is 1.65. The monoisotopic (exact) mass is 187 g/mol. The maximum Gasteiger partial charge on any atom is 0.150 e. The van der Waals surface area contributed by atoms with Crippen molar-refractivity contribution < 1.29 is 0 Å². The van der Waals surface area contributed by atoms with Gasteiger partial charge in [-0.15, -0.1) is 11.6 Å². The normalized spacial score (nSPS) is 11.0. The summed E-state index contributed by atoms with van der Waals surface area (Å²) < 4.78 is 0. The molecule has 0 fully saturated rings. The molecular formula is C8H14ClN3. The zero-order valence-corrected chi connectivity index (χ0v) is 8.23. The van der Waals surface area contributed by atoms with E-state index in [-0.39, 0.29) is 0 Å². The van der Waals surface area contributed by atoms with Crippen LogP contribution in [0.1, 0.15) is 31.9 Å². The maximum atomic E-state index is 5.57. The zero-order valence-electron chi connectivity index (χ0n) is 7.47. The summed E-state index contributed by atoms with van der Waals surface area (Å²) >= 11 is 5.57. The van der Waals surface area contributed by atoms with E-state index in [2.05, 4.69) is 29.0 Å². The van der Waals surface area contributed by atoms with Gasteiger partial charge in [0.15, 0.2) is 5.82 Å². The van der Waals surface area contributed by atoms with Crippen molar-refractivity contribution in [3.8, 4) is 0 Å². The number of alkyl halides is 1. The van der Waals surface area contributed by atoms with Gasteiger partial charge in [-0.3, -0.25) is 5.10 Å². The molecule has 0 aliphatic heterocycles. The van der Waals surface area contributed by atoms with Crippen LogP contribution >= 0.6 is 11.6 Å². The van der Waals surface area contributed by atoms with Gasteiger partial charge in [-0.05, 0) is 12.3 Å². The topological polar surface area (TPSA) is 41.6 Å². The van der Waals surface area contributed by atoms with E-state index >= 15 is 0 Å². The largest absolute Gasteiger partial charge is 0.262 e. The number of aromatic amines is 1. The quantitative estimate of drug-likeness (QED) is 0.734. The number of hydrogen-bond acceptors (Lipinski definition) is 2. The van der Waals surface area contributed by atoms with Crippen molar-refractivity contribution in [2.45, 2.75) is 32.6 Å². The minimum Gasteiger partial charge on any atom is -0.262 e. The van der Waals surface area contributed by atoms with E-state index in [0.29, 0.717) is 11.8 Å². The summed E-state index contributed by atoms with van der Waals surface area (Å²) in [7, 11) is 0. The van der Waals surface area contributed by atoms with Crippen LogP contribution in [0.25, 0.3) is 0 Å². The number of halogens is 1. The lowest BCUT2D eigenvalue weighted by Gasteiger charge is -1.99. The first-order chi connectivity index (χ1) is 5.72. The highest BCUT2D eigenvalue weighted by Gasteiger charge is 2.02. The smallest absolute Gasteiger partial charge is 0.150 e. The molecule has 1 N–H and O–H groups in total. The fourth-order valence-electron chi connectivity index (χ4n) is 0.924. The number of nitrogens with one attached hydrogen (secondary N) is 1. The van der Waals surface area contributed by atoms with Crippen molar-refractivity contribution in [2.24, 2.45) is 5.92 Å². The third kappa shape index (κ3) is 2.81. The summed E-state index contributed by atoms with van der Waals surface area (Å²) in [6, 6.07) is 0. The van der Waals surface area contributed by atoms with E-state index in [1.165, 1.54) is 0 Å². The molecule has 3 nitrogen and oxygen atoms in total. The Morgan fingerprint density at radius 2 is 2.25 bits per heavy atom. The Hall–Kier alpha value is -0.570.